The first-order valence-electron chi connectivity index (χ1n) is 14.3. The summed E-state index contributed by atoms with van der Waals surface area (Å²) in [5, 5.41) is 16.3. The van der Waals surface area contributed by atoms with Gasteiger partial charge in [0.15, 0.2) is 11.6 Å². The van der Waals surface area contributed by atoms with E-state index in [1.54, 1.807) is 54.6 Å². The number of hydrogen-bond acceptors (Lipinski definition) is 6. The maximum absolute atomic E-state index is 13.1. The van der Waals surface area contributed by atoms with Crippen molar-refractivity contribution in [1.82, 2.24) is 0 Å². The summed E-state index contributed by atoms with van der Waals surface area (Å²) in [7, 11) is 0. The number of ether oxygens (including phenoxy) is 1. The number of carbonyl (C=O) groups excluding carboxylic acids is 2. The Labute approximate surface area is 252 Å². The lowest BCUT2D eigenvalue weighted by Gasteiger charge is -2.18. The molecule has 0 aliphatic rings. The first kappa shape index (κ1) is 30.8. The Morgan fingerprint density at radius 3 is 2.16 bits per heavy atom. The quantitative estimate of drug-likeness (QED) is 0.0702. The highest BCUT2D eigenvalue weighted by molar-refractivity contribution is 6.12. The van der Waals surface area contributed by atoms with Gasteiger partial charge in [-0.15, -0.1) is 6.58 Å². The number of benzene rings is 4. The van der Waals surface area contributed by atoms with E-state index in [4.69, 9.17) is 4.74 Å². The summed E-state index contributed by atoms with van der Waals surface area (Å²) in [5.74, 6) is -0.420. The lowest BCUT2D eigenvalue weighted by atomic mass is 10.00. The Bertz CT molecular complexity index is 1530. The summed E-state index contributed by atoms with van der Waals surface area (Å²) in [6.07, 6.45) is 3.78. The molecule has 7 nitrogen and oxygen atoms in total. The molecule has 3 N–H and O–H groups in total. The van der Waals surface area contributed by atoms with Crippen molar-refractivity contribution in [1.29, 1.82) is 0 Å². The number of carboxylic acid groups (broad SMARTS) is 1. The summed E-state index contributed by atoms with van der Waals surface area (Å²) in [6, 6.07) is 29.7. The van der Waals surface area contributed by atoms with Gasteiger partial charge in [0, 0.05) is 47.5 Å². The summed E-state index contributed by atoms with van der Waals surface area (Å²) in [5.41, 5.74) is 3.74. The Kier molecular flexibility index (Phi) is 11.3. The van der Waals surface area contributed by atoms with Crippen LogP contribution in [0.3, 0.4) is 0 Å². The molecule has 7 heteroatoms. The Morgan fingerprint density at radius 1 is 0.814 bits per heavy atom. The van der Waals surface area contributed by atoms with E-state index in [1.807, 2.05) is 54.6 Å². The van der Waals surface area contributed by atoms with Crippen LogP contribution in [0.4, 0.5) is 11.4 Å². The molecule has 0 fully saturated rings. The molecular weight excluding hydrogens is 540 g/mol. The summed E-state index contributed by atoms with van der Waals surface area (Å²) in [4.78, 5) is 37.7. The number of nitrogens with one attached hydrogen (secondary N) is 2. The van der Waals surface area contributed by atoms with Crippen LogP contribution in [0.1, 0.15) is 51.1 Å². The number of allylic oxidation sites excluding steroid dienone is 1. The van der Waals surface area contributed by atoms with Crippen LogP contribution in [-0.4, -0.2) is 41.8 Å². The van der Waals surface area contributed by atoms with Gasteiger partial charge in [0.2, 0.25) is 0 Å². The maximum atomic E-state index is 13.1. The van der Waals surface area contributed by atoms with Crippen LogP contribution in [-0.2, 0) is 11.2 Å². The van der Waals surface area contributed by atoms with Crippen LogP contribution in [0, 0.1) is 0 Å². The third-order valence-corrected chi connectivity index (χ3v) is 6.91. The molecule has 4 aromatic carbocycles. The van der Waals surface area contributed by atoms with E-state index < -0.39 is 12.0 Å². The van der Waals surface area contributed by atoms with Gasteiger partial charge in [-0.05, 0) is 54.8 Å². The number of ketones is 2. The standard InChI is InChI=1S/C36H36N2O5/c1-2-3-18-34(39)29-14-7-9-16-31(29)37-23-11-24-43-28-21-19-26(20-22-28)25-33(36(41)42)38-32-17-10-8-15-30(32)35(40)27-12-5-4-6-13-27/h2,4-10,12-17,19-22,33,37-38H,1,3,11,18,23-25H2,(H,41,42). The predicted molar refractivity (Wildman–Crippen MR) is 170 cm³/mol. The normalized spacial score (nSPS) is 11.3. The minimum Gasteiger partial charge on any atom is -0.494 e. The summed E-state index contributed by atoms with van der Waals surface area (Å²) >= 11 is 0. The molecular formula is C36H36N2O5. The smallest absolute Gasteiger partial charge is 0.326 e. The van der Waals surface area contributed by atoms with Gasteiger partial charge in [0.25, 0.3) is 0 Å². The van der Waals surface area contributed by atoms with E-state index in [-0.39, 0.29) is 18.0 Å². The zero-order chi connectivity index (χ0) is 30.4. The molecule has 0 saturated heterocycles. The molecule has 0 aromatic heterocycles. The lowest BCUT2D eigenvalue weighted by molar-refractivity contribution is -0.137. The summed E-state index contributed by atoms with van der Waals surface area (Å²) in [6.45, 7) is 4.80. The van der Waals surface area contributed by atoms with Crippen molar-refractivity contribution in [3.05, 3.63) is 138 Å². The van der Waals surface area contributed by atoms with E-state index in [2.05, 4.69) is 17.2 Å². The number of rotatable bonds is 17. The molecule has 43 heavy (non-hydrogen) atoms. The number of anilines is 2. The number of aliphatic carboxylic acids is 1. The van der Waals surface area contributed by atoms with Crippen LogP contribution in [0.5, 0.6) is 5.75 Å². The zero-order valence-corrected chi connectivity index (χ0v) is 24.0. The van der Waals surface area contributed by atoms with Crippen LogP contribution >= 0.6 is 0 Å². The molecule has 1 atom stereocenters. The molecule has 1 unspecified atom stereocenters. The Hall–Kier alpha value is -5.17. The fraction of sp³-hybridized carbons (Fsp3) is 0.194. The van der Waals surface area contributed by atoms with Crippen LogP contribution < -0.4 is 15.4 Å². The second kappa shape index (κ2) is 15.7. The zero-order valence-electron chi connectivity index (χ0n) is 24.0. The number of carboxylic acids is 1. The number of carbonyl (C=O) groups is 3. The van der Waals surface area contributed by atoms with Gasteiger partial charge in [-0.25, -0.2) is 4.79 Å². The Morgan fingerprint density at radius 2 is 1.47 bits per heavy atom. The van der Waals surface area contributed by atoms with E-state index in [0.717, 1.165) is 17.7 Å². The van der Waals surface area contributed by atoms with Gasteiger partial charge in [0.1, 0.15) is 11.8 Å². The van der Waals surface area contributed by atoms with E-state index in [9.17, 15) is 19.5 Å². The van der Waals surface area contributed by atoms with Gasteiger partial charge >= 0.3 is 5.97 Å². The molecule has 4 aromatic rings. The molecule has 0 heterocycles. The SMILES string of the molecule is C=CCCC(=O)c1ccccc1NCCCOc1ccc(CC(Nc2ccccc2C(=O)c2ccccc2)C(=O)O)cc1. The minimum atomic E-state index is -1.02. The van der Waals surface area contributed by atoms with Gasteiger partial charge in [-0.2, -0.15) is 0 Å². The van der Waals surface area contributed by atoms with Crippen molar-refractivity contribution in [2.24, 2.45) is 0 Å². The minimum absolute atomic E-state index is 0.0876. The van der Waals surface area contributed by atoms with Crippen LogP contribution in [0.2, 0.25) is 0 Å². The van der Waals surface area contributed by atoms with Gasteiger partial charge in [-0.1, -0.05) is 72.8 Å². The highest BCUT2D eigenvalue weighted by Gasteiger charge is 2.21. The molecule has 0 aliphatic heterocycles. The first-order valence-corrected chi connectivity index (χ1v) is 14.3. The monoisotopic (exact) mass is 576 g/mol. The molecule has 0 spiro atoms. The second-order valence-corrected chi connectivity index (χ2v) is 10.0. The van der Waals surface area contributed by atoms with Crippen molar-refractivity contribution in [2.75, 3.05) is 23.8 Å². The first-order chi connectivity index (χ1) is 21.0. The molecule has 0 bridgehead atoms. The van der Waals surface area contributed by atoms with Crippen molar-refractivity contribution in [3.63, 3.8) is 0 Å². The Balaban J connectivity index is 1.29. The predicted octanol–water partition coefficient (Wildman–Crippen LogP) is 7.06. The number of para-hydroxylation sites is 2. The second-order valence-electron chi connectivity index (χ2n) is 10.0. The van der Waals surface area contributed by atoms with Gasteiger partial charge in [0.05, 0.1) is 6.61 Å². The van der Waals surface area contributed by atoms with Crippen molar-refractivity contribution in [2.45, 2.75) is 31.7 Å². The fourth-order valence-corrected chi connectivity index (χ4v) is 4.63. The molecule has 0 saturated carbocycles. The van der Waals surface area contributed by atoms with Gasteiger partial charge in [-0.3, -0.25) is 9.59 Å². The van der Waals surface area contributed by atoms with Crippen molar-refractivity contribution < 1.29 is 24.2 Å². The highest BCUT2D eigenvalue weighted by Crippen LogP contribution is 2.22. The van der Waals surface area contributed by atoms with Gasteiger partial charge < -0.3 is 20.5 Å². The highest BCUT2D eigenvalue weighted by atomic mass is 16.5. The topological polar surface area (TPSA) is 105 Å². The number of Topliss-reactive ketones (excluding diaryl/α,β-unsaturated/α-hetero) is 1. The van der Waals surface area contributed by atoms with Crippen molar-refractivity contribution >= 4 is 28.9 Å². The molecule has 4 rings (SSSR count). The molecule has 0 amide bonds. The van der Waals surface area contributed by atoms with E-state index in [0.29, 0.717) is 54.1 Å². The lowest BCUT2D eigenvalue weighted by Crippen LogP contribution is -2.32. The number of hydrogen-bond donors (Lipinski definition) is 3. The van der Waals surface area contributed by atoms with E-state index in [1.165, 1.54) is 0 Å². The van der Waals surface area contributed by atoms with Crippen molar-refractivity contribution in [3.8, 4) is 5.75 Å². The summed E-state index contributed by atoms with van der Waals surface area (Å²) < 4.78 is 5.87. The average Bonchev–Trinajstić information content (AvgIpc) is 3.04. The largest absolute Gasteiger partial charge is 0.494 e. The van der Waals surface area contributed by atoms with Crippen LogP contribution in [0.15, 0.2) is 116 Å². The third kappa shape index (κ3) is 8.91. The molecule has 220 valence electrons. The molecule has 0 radical (unpaired) electrons. The average molecular weight is 577 g/mol. The van der Waals surface area contributed by atoms with E-state index >= 15 is 0 Å². The maximum Gasteiger partial charge on any atom is 0.326 e. The fourth-order valence-electron chi connectivity index (χ4n) is 4.63. The van der Waals surface area contributed by atoms with Crippen LogP contribution in [0.25, 0.3) is 0 Å². The molecule has 0 aliphatic carbocycles. The third-order valence-electron chi connectivity index (χ3n) is 6.91.